The summed E-state index contributed by atoms with van der Waals surface area (Å²) >= 11 is 0. The van der Waals surface area contributed by atoms with E-state index in [0.717, 1.165) is 11.3 Å². The molecule has 26 heavy (non-hydrogen) atoms. The zero-order valence-electron chi connectivity index (χ0n) is 15.0. The Morgan fingerprint density at radius 1 is 0.923 bits per heavy atom. The highest BCUT2D eigenvalue weighted by Crippen LogP contribution is 2.15. The minimum Gasteiger partial charge on any atom is -0.494 e. The van der Waals surface area contributed by atoms with Gasteiger partial charge in [-0.1, -0.05) is 17.7 Å². The predicted molar refractivity (Wildman–Crippen MR) is 98.5 cm³/mol. The fourth-order valence-corrected chi connectivity index (χ4v) is 2.10. The highest BCUT2D eigenvalue weighted by Gasteiger charge is 2.08. The lowest BCUT2D eigenvalue weighted by atomic mass is 10.2. The first-order valence-electron chi connectivity index (χ1n) is 8.44. The average Bonchev–Trinajstić information content (AvgIpc) is 2.63. The van der Waals surface area contributed by atoms with Crippen LogP contribution < -0.4 is 14.8 Å². The van der Waals surface area contributed by atoms with Crippen molar-refractivity contribution in [3.63, 3.8) is 0 Å². The van der Waals surface area contributed by atoms with Crippen LogP contribution in [0, 0.1) is 6.92 Å². The van der Waals surface area contributed by atoms with Gasteiger partial charge in [-0.15, -0.1) is 0 Å². The van der Waals surface area contributed by atoms with E-state index in [1.165, 1.54) is 0 Å². The van der Waals surface area contributed by atoms with Crippen LogP contribution in [0.5, 0.6) is 11.5 Å². The number of hydrogen-bond donors (Lipinski definition) is 1. The Morgan fingerprint density at radius 3 is 2.19 bits per heavy atom. The molecule has 2 rings (SSSR count). The van der Waals surface area contributed by atoms with E-state index in [9.17, 15) is 9.59 Å². The van der Waals surface area contributed by atoms with Gasteiger partial charge in [0, 0.05) is 5.69 Å². The van der Waals surface area contributed by atoms with Gasteiger partial charge in [0.25, 0.3) is 5.91 Å². The molecule has 6 nitrogen and oxygen atoms in total. The molecule has 1 N–H and O–H groups in total. The molecule has 2 aromatic rings. The molecule has 0 aliphatic carbocycles. The number of esters is 1. The third-order valence-electron chi connectivity index (χ3n) is 3.41. The van der Waals surface area contributed by atoms with Crippen LogP contribution in [0.2, 0.25) is 0 Å². The third kappa shape index (κ3) is 6.84. The predicted octanol–water partition coefficient (Wildman–Crippen LogP) is 3.34. The third-order valence-corrected chi connectivity index (χ3v) is 3.41. The van der Waals surface area contributed by atoms with E-state index < -0.39 is 11.9 Å². The number of carbonyl (C=O) groups is 2. The number of aryl methyl sites for hydroxylation is 1. The van der Waals surface area contributed by atoms with Gasteiger partial charge in [-0.05, 0) is 50.2 Å². The number of anilines is 1. The normalized spacial score (nSPS) is 10.1. The summed E-state index contributed by atoms with van der Waals surface area (Å²) in [6.07, 6.45) is 0.0736. The SMILES string of the molecule is CCOc1ccc(NC(=O)COC(=O)CCOc2ccc(C)cc2)cc1. The summed E-state index contributed by atoms with van der Waals surface area (Å²) in [7, 11) is 0. The van der Waals surface area contributed by atoms with Gasteiger partial charge in [0.15, 0.2) is 6.61 Å². The number of ether oxygens (including phenoxy) is 3. The second-order valence-corrected chi connectivity index (χ2v) is 5.58. The first-order valence-corrected chi connectivity index (χ1v) is 8.44. The van der Waals surface area contributed by atoms with Gasteiger partial charge in [-0.3, -0.25) is 9.59 Å². The summed E-state index contributed by atoms with van der Waals surface area (Å²) in [5.41, 5.74) is 1.74. The lowest BCUT2D eigenvalue weighted by molar-refractivity contribution is -0.147. The number of carbonyl (C=O) groups excluding carboxylic acids is 2. The van der Waals surface area contributed by atoms with Gasteiger partial charge < -0.3 is 19.5 Å². The minimum atomic E-state index is -0.487. The molecule has 0 aliphatic heterocycles. The van der Waals surface area contributed by atoms with Crippen LogP contribution in [-0.2, 0) is 14.3 Å². The first-order chi connectivity index (χ1) is 12.6. The molecule has 0 spiro atoms. The maximum Gasteiger partial charge on any atom is 0.309 e. The van der Waals surface area contributed by atoms with Crippen LogP contribution in [0.4, 0.5) is 5.69 Å². The van der Waals surface area contributed by atoms with Crippen LogP contribution in [0.1, 0.15) is 18.9 Å². The molecule has 2 aromatic carbocycles. The monoisotopic (exact) mass is 357 g/mol. The van der Waals surface area contributed by atoms with Gasteiger partial charge in [0.1, 0.15) is 11.5 Å². The van der Waals surface area contributed by atoms with Crippen LogP contribution in [0.3, 0.4) is 0 Å². The number of rotatable bonds is 9. The molecule has 0 heterocycles. The molecule has 0 aromatic heterocycles. The van der Waals surface area contributed by atoms with Crippen LogP contribution in [-0.4, -0.2) is 31.7 Å². The number of hydrogen-bond acceptors (Lipinski definition) is 5. The van der Waals surface area contributed by atoms with E-state index in [0.29, 0.717) is 18.0 Å². The maximum atomic E-state index is 11.8. The summed E-state index contributed by atoms with van der Waals surface area (Å²) in [5, 5.41) is 2.65. The molecular weight excluding hydrogens is 334 g/mol. The molecule has 6 heteroatoms. The van der Waals surface area contributed by atoms with E-state index in [4.69, 9.17) is 14.2 Å². The van der Waals surface area contributed by atoms with Crippen molar-refractivity contribution < 1.29 is 23.8 Å². The Morgan fingerprint density at radius 2 is 1.54 bits per heavy atom. The smallest absolute Gasteiger partial charge is 0.309 e. The van der Waals surface area contributed by atoms with Gasteiger partial charge in [0.05, 0.1) is 19.6 Å². The average molecular weight is 357 g/mol. The summed E-state index contributed by atoms with van der Waals surface area (Å²) < 4.78 is 15.7. The van der Waals surface area contributed by atoms with Crippen molar-refractivity contribution in [1.82, 2.24) is 0 Å². The minimum absolute atomic E-state index is 0.0736. The van der Waals surface area contributed by atoms with Crippen molar-refractivity contribution >= 4 is 17.6 Å². The molecule has 1 amide bonds. The van der Waals surface area contributed by atoms with Crippen LogP contribution >= 0.6 is 0 Å². The van der Waals surface area contributed by atoms with Crippen molar-refractivity contribution in [3.8, 4) is 11.5 Å². The van der Waals surface area contributed by atoms with Crippen molar-refractivity contribution in [2.45, 2.75) is 20.3 Å². The van der Waals surface area contributed by atoms with Crippen molar-refractivity contribution in [1.29, 1.82) is 0 Å². The maximum absolute atomic E-state index is 11.8. The van der Waals surface area contributed by atoms with E-state index in [1.807, 2.05) is 38.1 Å². The molecule has 138 valence electrons. The van der Waals surface area contributed by atoms with E-state index in [1.54, 1.807) is 24.3 Å². The lowest BCUT2D eigenvalue weighted by Gasteiger charge is -2.09. The van der Waals surface area contributed by atoms with E-state index in [-0.39, 0.29) is 19.6 Å². The Labute approximate surface area is 153 Å². The summed E-state index contributed by atoms with van der Waals surface area (Å²) in [6.45, 7) is 4.32. The zero-order valence-corrected chi connectivity index (χ0v) is 15.0. The first kappa shape index (κ1) is 19.3. The largest absolute Gasteiger partial charge is 0.494 e. The molecule has 0 fully saturated rings. The second kappa shape index (κ2) is 10.1. The molecule has 0 saturated heterocycles. The van der Waals surface area contributed by atoms with Gasteiger partial charge in [-0.25, -0.2) is 0 Å². The van der Waals surface area contributed by atoms with E-state index in [2.05, 4.69) is 5.32 Å². The van der Waals surface area contributed by atoms with Crippen molar-refractivity contribution in [2.24, 2.45) is 0 Å². The Balaban J connectivity index is 1.64. The zero-order chi connectivity index (χ0) is 18.8. The molecule has 0 saturated carbocycles. The molecule has 0 unspecified atom stereocenters. The molecular formula is C20H23NO5. The van der Waals surface area contributed by atoms with E-state index >= 15 is 0 Å². The van der Waals surface area contributed by atoms with Crippen molar-refractivity contribution in [3.05, 3.63) is 54.1 Å². The fourth-order valence-electron chi connectivity index (χ4n) is 2.10. The molecule has 0 radical (unpaired) electrons. The van der Waals surface area contributed by atoms with Crippen molar-refractivity contribution in [2.75, 3.05) is 25.1 Å². The number of nitrogens with one attached hydrogen (secondary N) is 1. The Hall–Kier alpha value is -3.02. The topological polar surface area (TPSA) is 73.9 Å². The molecule has 0 bridgehead atoms. The Kier molecular flexibility index (Phi) is 7.49. The lowest BCUT2D eigenvalue weighted by Crippen LogP contribution is -2.21. The number of benzene rings is 2. The van der Waals surface area contributed by atoms with Crippen LogP contribution in [0.15, 0.2) is 48.5 Å². The van der Waals surface area contributed by atoms with Gasteiger partial charge >= 0.3 is 5.97 Å². The fraction of sp³-hybridized carbons (Fsp3) is 0.300. The molecule has 0 aliphatic rings. The van der Waals surface area contributed by atoms with Crippen LogP contribution in [0.25, 0.3) is 0 Å². The Bertz CT molecular complexity index is 710. The second-order valence-electron chi connectivity index (χ2n) is 5.58. The highest BCUT2D eigenvalue weighted by atomic mass is 16.5. The quantitative estimate of drug-likeness (QED) is 0.697. The summed E-state index contributed by atoms with van der Waals surface area (Å²) in [5.74, 6) is 0.531. The van der Waals surface area contributed by atoms with Gasteiger partial charge in [-0.2, -0.15) is 0 Å². The highest BCUT2D eigenvalue weighted by molar-refractivity contribution is 5.92. The standard InChI is InChI=1S/C20H23NO5/c1-3-24-17-10-6-16(7-11-17)21-19(22)14-26-20(23)12-13-25-18-8-4-15(2)5-9-18/h4-11H,3,12-14H2,1-2H3,(H,21,22). The number of amides is 1. The summed E-state index contributed by atoms with van der Waals surface area (Å²) in [4.78, 5) is 23.5. The summed E-state index contributed by atoms with van der Waals surface area (Å²) in [6, 6.07) is 14.5. The van der Waals surface area contributed by atoms with Gasteiger partial charge in [0.2, 0.25) is 0 Å². The molecule has 0 atom stereocenters.